The Morgan fingerprint density at radius 1 is 0.291 bits per heavy atom. The lowest BCUT2D eigenvalue weighted by Gasteiger charge is -2.11. The van der Waals surface area contributed by atoms with Crippen LogP contribution in [0.15, 0.2) is 192 Å². The SMILES string of the molecule is c1ccc(-c2nc(-c3ccccc3)nc(-c3cc4c5cc(-c6ccc7cc(-c8ccc9ccccc9c8)ccc7c6)ccc5oc4c4ccccc34)n2)cc1. The van der Waals surface area contributed by atoms with Gasteiger partial charge in [0.15, 0.2) is 17.5 Å². The first-order valence-corrected chi connectivity index (χ1v) is 18.5. The van der Waals surface area contributed by atoms with Gasteiger partial charge in [0.1, 0.15) is 11.2 Å². The van der Waals surface area contributed by atoms with Crippen LogP contribution < -0.4 is 0 Å². The van der Waals surface area contributed by atoms with Gasteiger partial charge in [0.25, 0.3) is 0 Å². The first kappa shape index (κ1) is 31.1. The summed E-state index contributed by atoms with van der Waals surface area (Å²) in [5.41, 5.74) is 9.22. The molecule has 2 aromatic heterocycles. The van der Waals surface area contributed by atoms with Crippen molar-refractivity contribution in [3.8, 4) is 56.4 Å². The minimum atomic E-state index is 0.619. The van der Waals surface area contributed by atoms with Crippen molar-refractivity contribution >= 4 is 54.3 Å². The van der Waals surface area contributed by atoms with Crippen LogP contribution in [0.4, 0.5) is 0 Å². The second-order valence-electron chi connectivity index (χ2n) is 14.0. The van der Waals surface area contributed by atoms with Crippen LogP contribution in [0.25, 0.3) is 111 Å². The van der Waals surface area contributed by atoms with E-state index in [9.17, 15) is 0 Å². The van der Waals surface area contributed by atoms with Gasteiger partial charge < -0.3 is 4.42 Å². The summed E-state index contributed by atoms with van der Waals surface area (Å²) in [5.74, 6) is 1.89. The van der Waals surface area contributed by atoms with Gasteiger partial charge in [-0.3, -0.25) is 0 Å². The zero-order valence-electron chi connectivity index (χ0n) is 29.6. The van der Waals surface area contributed by atoms with Crippen molar-refractivity contribution < 1.29 is 4.42 Å². The van der Waals surface area contributed by atoms with E-state index in [1.807, 2.05) is 60.7 Å². The molecular weight excluding hydrogens is 671 g/mol. The molecule has 11 rings (SSSR count). The van der Waals surface area contributed by atoms with Crippen LogP contribution >= 0.6 is 0 Å². The molecule has 9 aromatic carbocycles. The van der Waals surface area contributed by atoms with Crippen LogP contribution in [0.5, 0.6) is 0 Å². The molecule has 0 fully saturated rings. The molecule has 256 valence electrons. The highest BCUT2D eigenvalue weighted by molar-refractivity contribution is 6.19. The van der Waals surface area contributed by atoms with Crippen molar-refractivity contribution in [1.29, 1.82) is 0 Å². The largest absolute Gasteiger partial charge is 0.455 e. The second kappa shape index (κ2) is 12.6. The average Bonchev–Trinajstić information content (AvgIpc) is 3.64. The van der Waals surface area contributed by atoms with Gasteiger partial charge in [-0.2, -0.15) is 0 Å². The van der Waals surface area contributed by atoms with E-state index >= 15 is 0 Å². The Bertz CT molecular complexity index is 3200. The van der Waals surface area contributed by atoms with Gasteiger partial charge in [0, 0.05) is 32.8 Å². The minimum absolute atomic E-state index is 0.619. The van der Waals surface area contributed by atoms with Crippen LogP contribution in [-0.2, 0) is 0 Å². The third-order valence-electron chi connectivity index (χ3n) is 10.7. The van der Waals surface area contributed by atoms with Gasteiger partial charge in [0.2, 0.25) is 0 Å². The molecule has 0 amide bonds. The van der Waals surface area contributed by atoms with E-state index in [1.165, 1.54) is 32.7 Å². The Kier molecular flexibility index (Phi) is 7.14. The molecule has 0 spiro atoms. The molecule has 0 aliphatic carbocycles. The summed E-state index contributed by atoms with van der Waals surface area (Å²) in [7, 11) is 0. The highest BCUT2D eigenvalue weighted by atomic mass is 16.3. The van der Waals surface area contributed by atoms with E-state index in [0.29, 0.717) is 17.5 Å². The Labute approximate surface area is 317 Å². The Hall–Kier alpha value is -7.43. The molecule has 0 unspecified atom stereocenters. The smallest absolute Gasteiger partial charge is 0.164 e. The van der Waals surface area contributed by atoms with Crippen molar-refractivity contribution in [3.05, 3.63) is 188 Å². The van der Waals surface area contributed by atoms with Gasteiger partial charge in [-0.1, -0.05) is 152 Å². The summed E-state index contributed by atoms with van der Waals surface area (Å²) in [6.07, 6.45) is 0. The molecule has 0 aliphatic rings. The van der Waals surface area contributed by atoms with Crippen molar-refractivity contribution in [2.24, 2.45) is 0 Å². The van der Waals surface area contributed by atoms with Gasteiger partial charge in [-0.15, -0.1) is 0 Å². The zero-order chi connectivity index (χ0) is 36.3. The molecule has 0 saturated heterocycles. The van der Waals surface area contributed by atoms with Crippen LogP contribution in [0.2, 0.25) is 0 Å². The zero-order valence-corrected chi connectivity index (χ0v) is 29.6. The van der Waals surface area contributed by atoms with Gasteiger partial charge in [-0.05, 0) is 85.6 Å². The summed E-state index contributed by atoms with van der Waals surface area (Å²) in [6.45, 7) is 0. The lowest BCUT2D eigenvalue weighted by molar-refractivity contribution is 0.673. The van der Waals surface area contributed by atoms with E-state index in [1.54, 1.807) is 0 Å². The van der Waals surface area contributed by atoms with E-state index in [-0.39, 0.29) is 0 Å². The lowest BCUT2D eigenvalue weighted by atomic mass is 9.95. The van der Waals surface area contributed by atoms with E-state index in [0.717, 1.165) is 60.5 Å². The minimum Gasteiger partial charge on any atom is -0.455 e. The monoisotopic (exact) mass is 701 g/mol. The number of hydrogen-bond acceptors (Lipinski definition) is 4. The lowest BCUT2D eigenvalue weighted by Crippen LogP contribution is -2.00. The summed E-state index contributed by atoms with van der Waals surface area (Å²) < 4.78 is 6.63. The Morgan fingerprint density at radius 2 is 0.764 bits per heavy atom. The maximum absolute atomic E-state index is 6.63. The summed E-state index contributed by atoms with van der Waals surface area (Å²) in [5, 5.41) is 9.03. The number of rotatable bonds is 5. The van der Waals surface area contributed by atoms with Crippen molar-refractivity contribution in [3.63, 3.8) is 0 Å². The maximum atomic E-state index is 6.63. The first-order valence-electron chi connectivity index (χ1n) is 18.5. The Morgan fingerprint density at radius 3 is 1.40 bits per heavy atom. The number of fused-ring (bicyclic) bond motifs is 7. The fourth-order valence-corrected chi connectivity index (χ4v) is 7.87. The fourth-order valence-electron chi connectivity index (χ4n) is 7.87. The van der Waals surface area contributed by atoms with Crippen molar-refractivity contribution in [1.82, 2.24) is 15.0 Å². The van der Waals surface area contributed by atoms with E-state index in [2.05, 4.69) is 127 Å². The molecule has 11 aromatic rings. The third kappa shape index (κ3) is 5.43. The predicted octanol–water partition coefficient (Wildman–Crippen LogP) is 13.6. The molecular formula is C51H31N3O. The molecule has 2 heterocycles. The molecule has 0 bridgehead atoms. The molecule has 4 nitrogen and oxygen atoms in total. The number of furan rings is 1. The van der Waals surface area contributed by atoms with Crippen LogP contribution in [0.3, 0.4) is 0 Å². The predicted molar refractivity (Wildman–Crippen MR) is 227 cm³/mol. The van der Waals surface area contributed by atoms with Crippen LogP contribution in [0.1, 0.15) is 0 Å². The normalized spacial score (nSPS) is 11.6. The molecule has 0 radical (unpaired) electrons. The fraction of sp³-hybridized carbons (Fsp3) is 0. The molecule has 0 saturated carbocycles. The van der Waals surface area contributed by atoms with E-state index < -0.39 is 0 Å². The topological polar surface area (TPSA) is 51.8 Å². The molecule has 55 heavy (non-hydrogen) atoms. The summed E-state index contributed by atoms with van der Waals surface area (Å²) in [4.78, 5) is 15.1. The standard InChI is InChI=1S/C51H31N3O/c1-3-12-33(13-4-1)49-52-50(34-14-5-2-6-15-34)54-51(53-49)46-31-45-44-30-41(25-26-47(44)55-48(45)43-18-10-9-17-42(43)46)40-24-23-38-28-37(21-22-39(38)29-40)36-20-19-32-11-7-8-16-35(32)27-36/h1-31H. The van der Waals surface area contributed by atoms with Crippen LogP contribution in [0, 0.1) is 0 Å². The molecule has 0 atom stereocenters. The quantitative estimate of drug-likeness (QED) is 0.179. The highest BCUT2D eigenvalue weighted by Gasteiger charge is 2.19. The van der Waals surface area contributed by atoms with Gasteiger partial charge in [-0.25, -0.2) is 15.0 Å². The average molecular weight is 702 g/mol. The highest BCUT2D eigenvalue weighted by Crippen LogP contribution is 2.41. The second-order valence-corrected chi connectivity index (χ2v) is 14.0. The maximum Gasteiger partial charge on any atom is 0.164 e. The number of aromatic nitrogens is 3. The number of nitrogens with zero attached hydrogens (tertiary/aromatic N) is 3. The first-order chi connectivity index (χ1) is 27.2. The van der Waals surface area contributed by atoms with E-state index in [4.69, 9.17) is 19.4 Å². The van der Waals surface area contributed by atoms with Crippen molar-refractivity contribution in [2.45, 2.75) is 0 Å². The van der Waals surface area contributed by atoms with Crippen molar-refractivity contribution in [2.75, 3.05) is 0 Å². The summed E-state index contributed by atoms with van der Waals surface area (Å²) in [6, 6.07) is 65.9. The van der Waals surface area contributed by atoms with Gasteiger partial charge in [0.05, 0.1) is 0 Å². The molecule has 0 N–H and O–H groups in total. The van der Waals surface area contributed by atoms with Gasteiger partial charge >= 0.3 is 0 Å². The molecule has 0 aliphatic heterocycles. The number of benzene rings is 9. The summed E-state index contributed by atoms with van der Waals surface area (Å²) >= 11 is 0. The molecule has 4 heteroatoms. The Balaban J connectivity index is 1.05. The van der Waals surface area contributed by atoms with Crippen LogP contribution in [-0.4, -0.2) is 15.0 Å². The number of hydrogen-bond donors (Lipinski definition) is 0. The third-order valence-corrected chi connectivity index (χ3v) is 10.7.